The van der Waals surface area contributed by atoms with Crippen LogP contribution in [0.25, 0.3) is 0 Å². The van der Waals surface area contributed by atoms with E-state index in [1.54, 1.807) is 0 Å². The first-order valence-corrected chi connectivity index (χ1v) is 27.9. The number of hydrogen-bond acceptors (Lipinski definition) is 4. The second kappa shape index (κ2) is 17.0. The molecular formula is C22H54O5Si6. The lowest BCUT2D eigenvalue weighted by Gasteiger charge is -2.19. The molecule has 1 N–H and O–H groups in total. The van der Waals surface area contributed by atoms with Crippen LogP contribution in [0.1, 0.15) is 44.9 Å². The van der Waals surface area contributed by atoms with Crippen molar-refractivity contribution in [1.29, 1.82) is 0 Å². The van der Waals surface area contributed by atoms with Crippen molar-refractivity contribution in [3.05, 3.63) is 11.1 Å². The van der Waals surface area contributed by atoms with Crippen LogP contribution in [0.15, 0.2) is 11.1 Å². The van der Waals surface area contributed by atoms with Gasteiger partial charge in [0.05, 0.1) is 0 Å². The molecule has 0 aliphatic heterocycles. The molecule has 0 fully saturated rings. The van der Waals surface area contributed by atoms with Gasteiger partial charge in [-0.15, -0.1) is 0 Å². The fraction of sp³-hybridized carbons (Fsp3) is 0.864. The number of aliphatic carboxylic acids is 1. The minimum atomic E-state index is -1.42. The van der Waals surface area contributed by atoms with E-state index in [0.717, 1.165) is 56.7 Å². The van der Waals surface area contributed by atoms with Crippen molar-refractivity contribution >= 4 is 60.2 Å². The molecule has 33 heavy (non-hydrogen) atoms. The van der Waals surface area contributed by atoms with Crippen LogP contribution >= 0.6 is 0 Å². The minimum Gasteiger partial charge on any atom is -0.478 e. The Hall–Kier alpha value is 0.391. The molecule has 11 heteroatoms. The lowest BCUT2D eigenvalue weighted by Crippen LogP contribution is -2.27. The van der Waals surface area contributed by atoms with Crippen LogP contribution in [-0.2, 0) is 17.1 Å². The van der Waals surface area contributed by atoms with E-state index in [1.807, 2.05) is 0 Å². The standard InChI is InChI=1S/C22H54O5Si6/c1-31(2,3)25-28-17-11-10-16-21(22(23)24)20(14-12-18-29-26-32(4,5)6)15-13-19-30-27-33(7,8)9/h10-19,28-30H2,1-9H3,(H,23,24). The Bertz CT molecular complexity index is 553. The molecule has 0 aliphatic carbocycles. The van der Waals surface area contributed by atoms with Gasteiger partial charge < -0.3 is 17.5 Å². The van der Waals surface area contributed by atoms with Gasteiger partial charge in [0.2, 0.25) is 0 Å². The Balaban J connectivity index is 4.83. The Labute approximate surface area is 215 Å². The normalized spacial score (nSPS) is 13.8. The maximum absolute atomic E-state index is 12.1. The molecular weight excluding hydrogens is 513 g/mol. The van der Waals surface area contributed by atoms with Gasteiger partial charge in [0, 0.05) is 5.57 Å². The van der Waals surface area contributed by atoms with Crippen LogP contribution in [0.4, 0.5) is 0 Å². The van der Waals surface area contributed by atoms with E-state index in [9.17, 15) is 9.90 Å². The van der Waals surface area contributed by atoms with E-state index in [-0.39, 0.29) is 0 Å². The van der Waals surface area contributed by atoms with E-state index < -0.39 is 60.2 Å². The van der Waals surface area contributed by atoms with Crippen LogP contribution in [0, 0.1) is 0 Å². The van der Waals surface area contributed by atoms with E-state index in [4.69, 9.17) is 12.3 Å². The molecule has 196 valence electrons. The molecule has 0 radical (unpaired) electrons. The summed E-state index contributed by atoms with van der Waals surface area (Å²) in [6, 6.07) is 3.45. The van der Waals surface area contributed by atoms with Gasteiger partial charge in [0.1, 0.15) is 29.3 Å². The van der Waals surface area contributed by atoms with Crippen molar-refractivity contribution in [2.24, 2.45) is 0 Å². The van der Waals surface area contributed by atoms with Crippen LogP contribution < -0.4 is 0 Å². The molecule has 0 unspecified atom stereocenters. The number of rotatable bonds is 20. The van der Waals surface area contributed by atoms with Crippen molar-refractivity contribution < 1.29 is 22.2 Å². The second-order valence-electron chi connectivity index (χ2n) is 12.0. The fourth-order valence-electron chi connectivity index (χ4n) is 3.46. The molecule has 0 heterocycles. The predicted molar refractivity (Wildman–Crippen MR) is 160 cm³/mol. The largest absolute Gasteiger partial charge is 0.478 e. The summed E-state index contributed by atoms with van der Waals surface area (Å²) < 4.78 is 18.3. The highest BCUT2D eigenvalue weighted by Gasteiger charge is 2.17. The second-order valence-corrected chi connectivity index (χ2v) is 31.5. The monoisotopic (exact) mass is 566 g/mol. The first-order chi connectivity index (χ1) is 15.1. The SMILES string of the molecule is C[Si](C)(C)O[SiH2]CCCCC(C(=O)O)=C(CCC[SiH2]O[Si](C)(C)C)CCC[SiH2]O[Si](C)(C)C. The van der Waals surface area contributed by atoms with Gasteiger partial charge in [-0.25, -0.2) is 4.79 Å². The summed E-state index contributed by atoms with van der Waals surface area (Å²) >= 11 is 0. The summed E-state index contributed by atoms with van der Waals surface area (Å²) in [6.07, 6.45) is 6.76. The number of allylic oxidation sites excluding steroid dienone is 1. The topological polar surface area (TPSA) is 65.0 Å². The highest BCUT2D eigenvalue weighted by molar-refractivity contribution is 6.74. The highest BCUT2D eigenvalue weighted by Crippen LogP contribution is 2.24. The van der Waals surface area contributed by atoms with Crippen molar-refractivity contribution in [2.75, 3.05) is 0 Å². The van der Waals surface area contributed by atoms with Gasteiger partial charge in [0.15, 0.2) is 25.0 Å². The Morgan fingerprint density at radius 1 is 0.606 bits per heavy atom. The van der Waals surface area contributed by atoms with Crippen molar-refractivity contribution in [3.63, 3.8) is 0 Å². The summed E-state index contributed by atoms with van der Waals surface area (Å²) in [5.41, 5.74) is 1.89. The lowest BCUT2D eigenvalue weighted by atomic mass is 9.95. The molecule has 0 bridgehead atoms. The van der Waals surface area contributed by atoms with Gasteiger partial charge in [-0.1, -0.05) is 24.8 Å². The van der Waals surface area contributed by atoms with Crippen LogP contribution in [-0.4, -0.2) is 65.3 Å². The lowest BCUT2D eigenvalue weighted by molar-refractivity contribution is -0.132. The van der Waals surface area contributed by atoms with Crippen LogP contribution in [0.3, 0.4) is 0 Å². The van der Waals surface area contributed by atoms with Crippen LogP contribution in [0.5, 0.6) is 0 Å². The summed E-state index contributed by atoms with van der Waals surface area (Å²) in [7, 11) is -5.64. The number of hydrogen-bond donors (Lipinski definition) is 1. The first-order valence-electron chi connectivity index (χ1n) is 13.0. The van der Waals surface area contributed by atoms with Gasteiger partial charge in [0.25, 0.3) is 0 Å². The van der Waals surface area contributed by atoms with E-state index in [2.05, 4.69) is 58.9 Å². The molecule has 0 spiro atoms. The Morgan fingerprint density at radius 3 is 1.30 bits per heavy atom. The average molecular weight is 567 g/mol. The van der Waals surface area contributed by atoms with E-state index in [1.165, 1.54) is 5.57 Å². The molecule has 0 aromatic rings. The van der Waals surface area contributed by atoms with Gasteiger partial charge in [-0.3, -0.25) is 0 Å². The van der Waals surface area contributed by atoms with E-state index in [0.29, 0.717) is 12.0 Å². The molecule has 5 nitrogen and oxygen atoms in total. The zero-order valence-corrected chi connectivity index (χ0v) is 30.5. The van der Waals surface area contributed by atoms with Gasteiger partial charge in [-0.05, 0) is 103 Å². The summed E-state index contributed by atoms with van der Waals surface area (Å²) in [4.78, 5) is 12.1. The number of carboxylic acids is 1. The molecule has 0 saturated heterocycles. The fourth-order valence-corrected chi connectivity index (χ4v) is 14.0. The molecule has 0 aromatic heterocycles. The number of carbonyl (C=O) groups is 1. The minimum absolute atomic E-state index is 0.452. The Kier molecular flexibility index (Phi) is 17.2. The van der Waals surface area contributed by atoms with Crippen molar-refractivity contribution in [1.82, 2.24) is 0 Å². The number of carboxylic acid groups (broad SMARTS) is 1. The third-order valence-electron chi connectivity index (χ3n) is 5.11. The van der Waals surface area contributed by atoms with Gasteiger partial charge in [-0.2, -0.15) is 0 Å². The van der Waals surface area contributed by atoms with Crippen LogP contribution in [0.2, 0.25) is 77.1 Å². The molecule has 0 amide bonds. The summed E-state index contributed by atoms with van der Waals surface area (Å²) in [6.45, 7) is 20.2. The Morgan fingerprint density at radius 2 is 0.970 bits per heavy atom. The molecule has 0 saturated carbocycles. The smallest absolute Gasteiger partial charge is 0.331 e. The van der Waals surface area contributed by atoms with Crippen molar-refractivity contribution in [3.8, 4) is 0 Å². The maximum atomic E-state index is 12.1. The van der Waals surface area contributed by atoms with Crippen molar-refractivity contribution in [2.45, 2.75) is 122 Å². The number of unbranched alkanes of at least 4 members (excludes halogenated alkanes) is 1. The quantitative estimate of drug-likeness (QED) is 0.125. The average Bonchev–Trinajstić information content (AvgIpc) is 2.62. The third kappa shape index (κ3) is 22.6. The predicted octanol–water partition coefficient (Wildman–Crippen LogP) is 5.16. The zero-order valence-electron chi connectivity index (χ0n) is 23.3. The highest BCUT2D eigenvalue weighted by atomic mass is 28.4. The zero-order chi connectivity index (χ0) is 25.5. The molecule has 0 aliphatic rings. The first kappa shape index (κ1) is 33.4. The van der Waals surface area contributed by atoms with Gasteiger partial charge >= 0.3 is 5.97 Å². The molecule has 0 aromatic carbocycles. The third-order valence-corrected chi connectivity index (χ3v) is 20.3. The maximum Gasteiger partial charge on any atom is 0.331 e. The molecule has 0 rings (SSSR count). The summed E-state index contributed by atoms with van der Waals surface area (Å²) in [5, 5.41) is 9.98. The summed E-state index contributed by atoms with van der Waals surface area (Å²) in [5.74, 6) is -0.702. The molecule has 0 atom stereocenters. The van der Waals surface area contributed by atoms with E-state index >= 15 is 0 Å².